The molecular formula is C20H30FNO8. The number of carbonyl (C=O) groups is 1. The summed E-state index contributed by atoms with van der Waals surface area (Å²) in [5, 5.41) is 52.5. The molecule has 30 heavy (non-hydrogen) atoms. The minimum absolute atomic E-state index is 0.0314. The van der Waals surface area contributed by atoms with Gasteiger partial charge in [0.25, 0.3) is 0 Å². The Morgan fingerprint density at radius 2 is 1.83 bits per heavy atom. The largest absolute Gasteiger partial charge is 0.390 e. The van der Waals surface area contributed by atoms with Crippen molar-refractivity contribution in [3.63, 3.8) is 0 Å². The number of halogens is 1. The molecule has 9 nitrogen and oxygen atoms in total. The van der Waals surface area contributed by atoms with E-state index in [1.165, 1.54) is 0 Å². The lowest BCUT2D eigenvalue weighted by Crippen LogP contribution is -2.60. The molecule has 8 atom stereocenters. The van der Waals surface area contributed by atoms with Gasteiger partial charge in [0.15, 0.2) is 6.29 Å². The summed E-state index contributed by atoms with van der Waals surface area (Å²) in [5.41, 5.74) is 0.745. The maximum absolute atomic E-state index is 13.0. The molecule has 0 radical (unpaired) electrons. The average molecular weight is 431 g/mol. The van der Waals surface area contributed by atoms with Gasteiger partial charge in [-0.3, -0.25) is 4.79 Å². The Hall–Kier alpha value is -1.66. The molecule has 2 unspecified atom stereocenters. The molecule has 6 N–H and O–H groups in total. The highest BCUT2D eigenvalue weighted by Crippen LogP contribution is 2.23. The quantitative estimate of drug-likeness (QED) is 0.266. The van der Waals surface area contributed by atoms with Crippen LogP contribution < -0.4 is 5.32 Å². The highest BCUT2D eigenvalue weighted by Gasteiger charge is 2.44. The van der Waals surface area contributed by atoms with Crippen LogP contribution in [0.2, 0.25) is 0 Å². The van der Waals surface area contributed by atoms with Crippen LogP contribution in [0, 0.1) is 0 Å². The van der Waals surface area contributed by atoms with Gasteiger partial charge in [-0.1, -0.05) is 37.3 Å². The van der Waals surface area contributed by atoms with Crippen LogP contribution in [-0.4, -0.2) is 93.7 Å². The Bertz CT molecular complexity index is 649. The van der Waals surface area contributed by atoms with Gasteiger partial charge in [0.05, 0.1) is 25.2 Å². The standard InChI is InChI=1S/C20H30FNO8/c1-2-13(23)16(25)12(22-15(24)8-11-6-4-3-5-7-11)10-29-20-19(28)18(27)17(26)14(9-21)30-20/h3-7,12-14,16-20,23,25-28H,2,8-10H2,1H3,(H,22,24)/t12-,13+,14?,16-,17+,18?,19-,20-/m0/s1. The van der Waals surface area contributed by atoms with E-state index in [9.17, 15) is 34.7 Å². The lowest BCUT2D eigenvalue weighted by molar-refractivity contribution is -0.300. The molecule has 1 heterocycles. The Balaban J connectivity index is 2.03. The second-order valence-corrected chi connectivity index (χ2v) is 7.30. The van der Waals surface area contributed by atoms with E-state index >= 15 is 0 Å². The van der Waals surface area contributed by atoms with Crippen molar-refractivity contribution in [1.29, 1.82) is 0 Å². The number of amides is 1. The number of carbonyl (C=O) groups excluding carboxylic acids is 1. The van der Waals surface area contributed by atoms with E-state index in [0.717, 1.165) is 5.56 Å². The molecule has 2 rings (SSSR count). The van der Waals surface area contributed by atoms with Crippen LogP contribution in [0.15, 0.2) is 30.3 Å². The van der Waals surface area contributed by atoms with Crippen molar-refractivity contribution in [3.05, 3.63) is 35.9 Å². The normalized spacial score (nSPS) is 29.8. The highest BCUT2D eigenvalue weighted by molar-refractivity contribution is 5.78. The minimum Gasteiger partial charge on any atom is -0.390 e. The van der Waals surface area contributed by atoms with Gasteiger partial charge in [-0.05, 0) is 12.0 Å². The molecule has 1 aliphatic heterocycles. The van der Waals surface area contributed by atoms with Gasteiger partial charge < -0.3 is 40.3 Å². The van der Waals surface area contributed by atoms with E-state index in [0.29, 0.717) is 0 Å². The van der Waals surface area contributed by atoms with Crippen molar-refractivity contribution >= 4 is 5.91 Å². The first kappa shape index (κ1) is 24.6. The first-order valence-corrected chi connectivity index (χ1v) is 9.85. The van der Waals surface area contributed by atoms with E-state index in [-0.39, 0.29) is 12.8 Å². The molecule has 10 heteroatoms. The fourth-order valence-corrected chi connectivity index (χ4v) is 3.15. The van der Waals surface area contributed by atoms with Gasteiger partial charge in [-0.15, -0.1) is 0 Å². The Morgan fingerprint density at radius 3 is 2.43 bits per heavy atom. The van der Waals surface area contributed by atoms with Crippen molar-refractivity contribution in [1.82, 2.24) is 5.32 Å². The topological polar surface area (TPSA) is 149 Å². The van der Waals surface area contributed by atoms with Crippen molar-refractivity contribution in [2.75, 3.05) is 13.3 Å². The smallest absolute Gasteiger partial charge is 0.224 e. The number of benzene rings is 1. The molecule has 0 aliphatic carbocycles. The van der Waals surface area contributed by atoms with Crippen molar-refractivity contribution in [3.8, 4) is 0 Å². The lowest BCUT2D eigenvalue weighted by atomic mass is 9.99. The van der Waals surface area contributed by atoms with E-state index in [1.54, 1.807) is 31.2 Å². The lowest BCUT2D eigenvalue weighted by Gasteiger charge is -2.40. The third kappa shape index (κ3) is 6.42. The van der Waals surface area contributed by atoms with E-state index in [4.69, 9.17) is 9.47 Å². The molecule has 1 amide bonds. The van der Waals surface area contributed by atoms with Crippen molar-refractivity contribution in [2.45, 2.75) is 68.7 Å². The van der Waals surface area contributed by atoms with Gasteiger partial charge in [0.2, 0.25) is 5.91 Å². The molecule has 0 bridgehead atoms. The van der Waals surface area contributed by atoms with Crippen LogP contribution in [-0.2, 0) is 20.7 Å². The van der Waals surface area contributed by atoms with Gasteiger partial charge in [0.1, 0.15) is 37.2 Å². The number of ether oxygens (including phenoxy) is 2. The fraction of sp³-hybridized carbons (Fsp3) is 0.650. The summed E-state index contributed by atoms with van der Waals surface area (Å²) in [7, 11) is 0. The summed E-state index contributed by atoms with van der Waals surface area (Å²) < 4.78 is 23.5. The van der Waals surface area contributed by atoms with E-state index in [1.807, 2.05) is 6.07 Å². The number of hydrogen-bond acceptors (Lipinski definition) is 8. The predicted molar refractivity (Wildman–Crippen MR) is 103 cm³/mol. The zero-order valence-electron chi connectivity index (χ0n) is 16.7. The number of rotatable bonds is 10. The molecule has 1 aromatic rings. The van der Waals surface area contributed by atoms with Crippen molar-refractivity contribution < 1.29 is 44.2 Å². The first-order valence-electron chi connectivity index (χ1n) is 9.85. The SMILES string of the molecule is CC[C@@H](O)[C@@H](O)[C@H](CO[C@H]1OC(CF)[C@@H](O)C(O)[C@@H]1O)NC(=O)Cc1ccccc1. The zero-order chi connectivity index (χ0) is 22.3. The minimum atomic E-state index is -1.69. The monoisotopic (exact) mass is 431 g/mol. The fourth-order valence-electron chi connectivity index (χ4n) is 3.15. The van der Waals surface area contributed by atoms with Gasteiger partial charge in [-0.2, -0.15) is 0 Å². The Morgan fingerprint density at radius 1 is 1.17 bits per heavy atom. The van der Waals surface area contributed by atoms with E-state index in [2.05, 4.69) is 5.32 Å². The number of alkyl halides is 1. The maximum atomic E-state index is 13.0. The van der Waals surface area contributed by atoms with Gasteiger partial charge >= 0.3 is 0 Å². The number of hydrogen-bond donors (Lipinski definition) is 6. The molecule has 1 fully saturated rings. The molecule has 1 aliphatic rings. The summed E-state index contributed by atoms with van der Waals surface area (Å²) in [6, 6.07) is 7.82. The first-order chi connectivity index (χ1) is 14.3. The summed E-state index contributed by atoms with van der Waals surface area (Å²) in [6.45, 7) is 0.136. The van der Waals surface area contributed by atoms with E-state index < -0.39 is 68.1 Å². The second kappa shape index (κ2) is 11.7. The van der Waals surface area contributed by atoms with Crippen LogP contribution in [0.3, 0.4) is 0 Å². The van der Waals surface area contributed by atoms with Crippen molar-refractivity contribution in [2.24, 2.45) is 0 Å². The third-order valence-electron chi connectivity index (χ3n) is 5.04. The summed E-state index contributed by atoms with van der Waals surface area (Å²) in [6.07, 6.45) is -10.2. The third-order valence-corrected chi connectivity index (χ3v) is 5.04. The summed E-state index contributed by atoms with van der Waals surface area (Å²) in [4.78, 5) is 12.4. The van der Waals surface area contributed by atoms with Crippen LogP contribution in [0.1, 0.15) is 18.9 Å². The number of aliphatic hydroxyl groups is 5. The number of aliphatic hydroxyl groups excluding tert-OH is 5. The summed E-state index contributed by atoms with van der Waals surface area (Å²) in [5.74, 6) is -0.431. The number of nitrogens with one attached hydrogen (secondary N) is 1. The Kier molecular flexibility index (Phi) is 9.56. The van der Waals surface area contributed by atoms with Crippen LogP contribution in [0.25, 0.3) is 0 Å². The van der Waals surface area contributed by atoms with Crippen LogP contribution >= 0.6 is 0 Å². The maximum Gasteiger partial charge on any atom is 0.224 e. The zero-order valence-corrected chi connectivity index (χ0v) is 16.7. The molecular weight excluding hydrogens is 401 g/mol. The molecule has 1 aromatic carbocycles. The van der Waals surface area contributed by atoms with Gasteiger partial charge in [0, 0.05) is 0 Å². The van der Waals surface area contributed by atoms with Crippen LogP contribution in [0.4, 0.5) is 4.39 Å². The molecule has 0 saturated carbocycles. The molecule has 170 valence electrons. The predicted octanol–water partition coefficient (Wildman–Crippen LogP) is -1.36. The second-order valence-electron chi connectivity index (χ2n) is 7.30. The Labute approximate surface area is 174 Å². The molecule has 0 spiro atoms. The molecule has 0 aromatic heterocycles. The average Bonchev–Trinajstić information content (AvgIpc) is 2.75. The van der Waals surface area contributed by atoms with Crippen LogP contribution in [0.5, 0.6) is 0 Å². The highest BCUT2D eigenvalue weighted by atomic mass is 19.1. The van der Waals surface area contributed by atoms with Gasteiger partial charge in [-0.25, -0.2) is 4.39 Å². The molecule has 1 saturated heterocycles. The summed E-state index contributed by atoms with van der Waals surface area (Å²) >= 11 is 0.